The maximum Gasteiger partial charge on any atom is 0.147 e. The highest BCUT2D eigenvalue weighted by Gasteiger charge is 2.24. The Morgan fingerprint density at radius 3 is 2.30 bits per heavy atom. The van der Waals surface area contributed by atoms with E-state index in [1.54, 1.807) is 34.3 Å². The Morgan fingerprint density at radius 1 is 0.933 bits per heavy atom. The predicted octanol–water partition coefficient (Wildman–Crippen LogP) is 8.29. The highest BCUT2D eigenvalue weighted by molar-refractivity contribution is 8.00. The van der Waals surface area contributed by atoms with Gasteiger partial charge >= 0.3 is 0 Å². The summed E-state index contributed by atoms with van der Waals surface area (Å²) in [5, 5.41) is 0.591. The highest BCUT2D eigenvalue weighted by atomic mass is 35.5. The first-order chi connectivity index (χ1) is 14.4. The molecule has 3 aromatic rings. The van der Waals surface area contributed by atoms with E-state index in [-0.39, 0.29) is 17.5 Å². The average molecular weight is 468 g/mol. The summed E-state index contributed by atoms with van der Waals surface area (Å²) in [5.74, 6) is 0.162. The Morgan fingerprint density at radius 2 is 1.60 bits per heavy atom. The van der Waals surface area contributed by atoms with E-state index in [2.05, 4.69) is 0 Å². The van der Waals surface area contributed by atoms with Crippen LogP contribution in [0.5, 0.6) is 0 Å². The van der Waals surface area contributed by atoms with Gasteiger partial charge in [0.2, 0.25) is 0 Å². The second-order valence-electron chi connectivity index (χ2n) is 6.62. The van der Waals surface area contributed by atoms with Crippen LogP contribution in [0.3, 0.4) is 0 Å². The SMILES string of the molecule is CCSCc1cc(F)ccc1C(C)N(Sc1ccc(Cl)cc1)c1cc(F)ccc1F. The first-order valence-electron chi connectivity index (χ1n) is 9.43. The van der Waals surface area contributed by atoms with Crippen molar-refractivity contribution < 1.29 is 13.2 Å². The van der Waals surface area contributed by atoms with Gasteiger partial charge in [0.25, 0.3) is 0 Å². The van der Waals surface area contributed by atoms with Gasteiger partial charge in [-0.2, -0.15) is 11.8 Å². The molecular formula is C23H21ClF3NS2. The van der Waals surface area contributed by atoms with Gasteiger partial charge in [-0.3, -0.25) is 0 Å². The van der Waals surface area contributed by atoms with Crippen LogP contribution >= 0.6 is 35.3 Å². The van der Waals surface area contributed by atoms with E-state index < -0.39 is 11.6 Å². The van der Waals surface area contributed by atoms with Crippen molar-refractivity contribution in [2.75, 3.05) is 10.1 Å². The molecule has 1 atom stereocenters. The largest absolute Gasteiger partial charge is 0.302 e. The summed E-state index contributed by atoms with van der Waals surface area (Å²) in [7, 11) is 0. The normalized spacial score (nSPS) is 12.1. The summed E-state index contributed by atoms with van der Waals surface area (Å²) in [5.41, 5.74) is 1.83. The third-order valence-corrected chi connectivity index (χ3v) is 6.90. The summed E-state index contributed by atoms with van der Waals surface area (Å²) in [6.45, 7) is 3.94. The lowest BCUT2D eigenvalue weighted by Gasteiger charge is -2.32. The molecule has 0 amide bonds. The van der Waals surface area contributed by atoms with Crippen molar-refractivity contribution in [3.8, 4) is 0 Å². The monoisotopic (exact) mass is 467 g/mol. The molecule has 0 aromatic heterocycles. The number of hydrogen-bond donors (Lipinski definition) is 0. The molecule has 0 saturated carbocycles. The second kappa shape index (κ2) is 10.5. The molecule has 3 rings (SSSR count). The van der Waals surface area contributed by atoms with E-state index >= 15 is 0 Å². The van der Waals surface area contributed by atoms with Crippen LogP contribution in [0.25, 0.3) is 0 Å². The van der Waals surface area contributed by atoms with E-state index in [1.165, 1.54) is 30.1 Å². The predicted molar refractivity (Wildman–Crippen MR) is 123 cm³/mol. The smallest absolute Gasteiger partial charge is 0.147 e. The van der Waals surface area contributed by atoms with Crippen molar-refractivity contribution >= 4 is 41.0 Å². The van der Waals surface area contributed by atoms with Gasteiger partial charge in [-0.1, -0.05) is 24.6 Å². The van der Waals surface area contributed by atoms with Gasteiger partial charge < -0.3 is 4.31 Å². The van der Waals surface area contributed by atoms with Gasteiger partial charge in [0, 0.05) is 21.7 Å². The molecule has 0 N–H and O–H groups in total. The third-order valence-electron chi connectivity index (χ3n) is 4.53. The lowest BCUT2D eigenvalue weighted by atomic mass is 10.0. The molecule has 30 heavy (non-hydrogen) atoms. The number of benzene rings is 3. The molecule has 0 saturated heterocycles. The Hall–Kier alpha value is -1.76. The maximum absolute atomic E-state index is 14.7. The number of halogens is 4. The van der Waals surface area contributed by atoms with Gasteiger partial charge in [-0.05, 0) is 84.3 Å². The fraction of sp³-hybridized carbons (Fsp3) is 0.217. The van der Waals surface area contributed by atoms with Crippen molar-refractivity contribution in [2.24, 2.45) is 0 Å². The summed E-state index contributed by atoms with van der Waals surface area (Å²) in [6, 6.07) is 14.8. The van der Waals surface area contributed by atoms with Crippen LogP contribution in [0.1, 0.15) is 31.0 Å². The maximum atomic E-state index is 14.7. The molecule has 0 fully saturated rings. The van der Waals surface area contributed by atoms with Crippen molar-refractivity contribution in [2.45, 2.75) is 30.5 Å². The van der Waals surface area contributed by atoms with E-state index in [4.69, 9.17) is 11.6 Å². The van der Waals surface area contributed by atoms with Crippen LogP contribution in [0.2, 0.25) is 5.02 Å². The molecule has 0 aliphatic rings. The number of rotatable bonds is 8. The fourth-order valence-electron chi connectivity index (χ4n) is 3.05. The van der Waals surface area contributed by atoms with Gasteiger partial charge in [-0.25, -0.2) is 13.2 Å². The number of nitrogens with zero attached hydrogens (tertiary/aromatic N) is 1. The van der Waals surface area contributed by atoms with E-state index in [9.17, 15) is 13.2 Å². The van der Waals surface area contributed by atoms with Gasteiger partial charge in [-0.15, -0.1) is 0 Å². The zero-order valence-corrected chi connectivity index (χ0v) is 18.9. The van der Waals surface area contributed by atoms with Crippen LogP contribution < -0.4 is 4.31 Å². The fourth-order valence-corrected chi connectivity index (χ4v) is 4.84. The molecule has 0 spiro atoms. The molecule has 0 aliphatic heterocycles. The highest BCUT2D eigenvalue weighted by Crippen LogP contribution is 2.40. The van der Waals surface area contributed by atoms with E-state index in [0.29, 0.717) is 10.8 Å². The van der Waals surface area contributed by atoms with E-state index in [1.807, 2.05) is 26.0 Å². The first kappa shape index (κ1) is 22.9. The zero-order valence-electron chi connectivity index (χ0n) is 16.5. The Bertz CT molecular complexity index is 998. The molecular weight excluding hydrogens is 447 g/mol. The minimum absolute atomic E-state index is 0.126. The average Bonchev–Trinajstić information content (AvgIpc) is 2.73. The molecule has 3 aromatic carbocycles. The lowest BCUT2D eigenvalue weighted by Crippen LogP contribution is -2.21. The van der Waals surface area contributed by atoms with Crippen LogP contribution in [0, 0.1) is 17.5 Å². The van der Waals surface area contributed by atoms with Crippen LogP contribution in [0.15, 0.2) is 65.6 Å². The summed E-state index contributed by atoms with van der Waals surface area (Å²) >= 11 is 8.94. The molecule has 0 bridgehead atoms. The molecule has 0 radical (unpaired) electrons. The van der Waals surface area contributed by atoms with Gasteiger partial charge in [0.15, 0.2) is 0 Å². The minimum Gasteiger partial charge on any atom is -0.302 e. The Balaban J connectivity index is 2.05. The van der Waals surface area contributed by atoms with Crippen LogP contribution in [-0.2, 0) is 5.75 Å². The molecule has 0 aliphatic carbocycles. The van der Waals surface area contributed by atoms with E-state index in [0.717, 1.165) is 33.9 Å². The standard InChI is InChI=1S/C23H21ClF3NS2/c1-3-29-14-16-12-18(25)6-10-21(16)15(2)28(23-13-19(26)7-11-22(23)27)30-20-8-4-17(24)5-9-20/h4-13,15H,3,14H2,1-2H3. The number of thioether (sulfide) groups is 1. The molecule has 158 valence electrons. The Labute approximate surface area is 188 Å². The minimum atomic E-state index is -0.531. The summed E-state index contributed by atoms with van der Waals surface area (Å²) < 4.78 is 44.3. The number of hydrogen-bond acceptors (Lipinski definition) is 3. The lowest BCUT2D eigenvalue weighted by molar-refractivity contribution is 0.596. The second-order valence-corrected chi connectivity index (χ2v) is 9.38. The molecule has 1 nitrogen and oxygen atoms in total. The summed E-state index contributed by atoms with van der Waals surface area (Å²) in [6.07, 6.45) is 0. The topological polar surface area (TPSA) is 3.24 Å². The first-order valence-corrected chi connectivity index (χ1v) is 11.7. The van der Waals surface area contributed by atoms with Gasteiger partial charge in [0.1, 0.15) is 17.5 Å². The molecule has 1 unspecified atom stereocenters. The van der Waals surface area contributed by atoms with Crippen LogP contribution in [0.4, 0.5) is 18.9 Å². The third kappa shape index (κ3) is 5.68. The molecule has 0 heterocycles. The number of anilines is 1. The van der Waals surface area contributed by atoms with Crippen LogP contribution in [-0.4, -0.2) is 5.75 Å². The van der Waals surface area contributed by atoms with Crippen molar-refractivity contribution in [1.82, 2.24) is 0 Å². The van der Waals surface area contributed by atoms with Gasteiger partial charge in [0.05, 0.1) is 11.7 Å². The Kier molecular flexibility index (Phi) is 8.03. The zero-order chi connectivity index (χ0) is 21.7. The molecule has 7 heteroatoms. The van der Waals surface area contributed by atoms with Crippen molar-refractivity contribution in [1.29, 1.82) is 0 Å². The summed E-state index contributed by atoms with van der Waals surface area (Å²) in [4.78, 5) is 0.821. The van der Waals surface area contributed by atoms with Crippen molar-refractivity contribution in [3.63, 3.8) is 0 Å². The quantitative estimate of drug-likeness (QED) is 0.307. The van der Waals surface area contributed by atoms with Crippen molar-refractivity contribution in [3.05, 3.63) is 94.3 Å².